The van der Waals surface area contributed by atoms with E-state index in [0.29, 0.717) is 0 Å². The topological polar surface area (TPSA) is 19.1 Å². The molecule has 16 heavy (non-hydrogen) atoms. The Balaban J connectivity index is 2.27. The van der Waals surface area contributed by atoms with E-state index in [1.165, 1.54) is 5.56 Å². The Morgan fingerprint density at radius 2 is 2.12 bits per heavy atom. The van der Waals surface area contributed by atoms with E-state index in [1.807, 2.05) is 25.4 Å². The maximum atomic E-state index is 5.21. The minimum absolute atomic E-state index is 0.848. The van der Waals surface area contributed by atoms with Crippen LogP contribution >= 0.6 is 0 Å². The SMILES string of the molecule is COc1cccc(Cn2ccn(C)c2=[Se])c1. The molecule has 84 valence electrons. The van der Waals surface area contributed by atoms with Crippen LogP contribution in [0.3, 0.4) is 0 Å². The first-order chi connectivity index (χ1) is 7.70. The first-order valence-corrected chi connectivity index (χ1v) is 5.91. The standard InChI is InChI=1S/C12H14N2OSe/c1-13-6-7-14(12(13)16)9-10-4-3-5-11(8-10)15-2/h3-8H,9H2,1-2H3. The van der Waals surface area contributed by atoms with Crippen LogP contribution in [0.2, 0.25) is 0 Å². The van der Waals surface area contributed by atoms with Crippen LogP contribution in [-0.4, -0.2) is 31.8 Å². The van der Waals surface area contributed by atoms with Crippen molar-refractivity contribution in [1.29, 1.82) is 0 Å². The zero-order chi connectivity index (χ0) is 11.5. The Hall–Kier alpha value is -1.25. The molecule has 0 aliphatic heterocycles. The Morgan fingerprint density at radius 3 is 2.75 bits per heavy atom. The Bertz CT molecular complexity index is 542. The van der Waals surface area contributed by atoms with Gasteiger partial charge in [0.2, 0.25) is 0 Å². The molecule has 1 aromatic carbocycles. The summed E-state index contributed by atoms with van der Waals surface area (Å²) in [4.78, 5) is 0. The Kier molecular flexibility index (Phi) is 3.32. The molecule has 1 aromatic heterocycles. The van der Waals surface area contributed by atoms with Gasteiger partial charge in [0.1, 0.15) is 0 Å². The molecule has 0 fully saturated rings. The summed E-state index contributed by atoms with van der Waals surface area (Å²) in [6, 6.07) is 8.12. The van der Waals surface area contributed by atoms with Crippen molar-refractivity contribution in [2.75, 3.05) is 7.11 Å². The van der Waals surface area contributed by atoms with Crippen molar-refractivity contribution in [3.8, 4) is 5.75 Å². The van der Waals surface area contributed by atoms with E-state index in [0.717, 1.165) is 16.6 Å². The predicted octanol–water partition coefficient (Wildman–Crippen LogP) is 1.58. The van der Waals surface area contributed by atoms with E-state index >= 15 is 0 Å². The molecular formula is C12H14N2OSe. The van der Waals surface area contributed by atoms with Gasteiger partial charge in [-0.15, -0.1) is 0 Å². The monoisotopic (exact) mass is 282 g/mol. The van der Waals surface area contributed by atoms with Gasteiger partial charge in [-0.2, -0.15) is 0 Å². The first kappa shape index (κ1) is 11.2. The second kappa shape index (κ2) is 4.72. The van der Waals surface area contributed by atoms with Crippen LogP contribution in [0.1, 0.15) is 5.56 Å². The van der Waals surface area contributed by atoms with Crippen LogP contribution in [0.25, 0.3) is 0 Å². The molecule has 0 aliphatic carbocycles. The number of imidazole rings is 1. The molecule has 0 atom stereocenters. The van der Waals surface area contributed by atoms with Gasteiger partial charge < -0.3 is 0 Å². The number of methoxy groups -OCH3 is 1. The van der Waals surface area contributed by atoms with Crippen molar-refractivity contribution in [3.05, 3.63) is 46.5 Å². The molecule has 0 saturated carbocycles. The van der Waals surface area contributed by atoms with Gasteiger partial charge in [-0.25, -0.2) is 0 Å². The van der Waals surface area contributed by atoms with Crippen molar-refractivity contribution in [3.63, 3.8) is 0 Å². The number of aryl methyl sites for hydroxylation is 1. The van der Waals surface area contributed by atoms with E-state index in [4.69, 9.17) is 4.74 Å². The van der Waals surface area contributed by atoms with E-state index < -0.39 is 0 Å². The molecule has 2 aromatic rings. The molecule has 0 unspecified atom stereocenters. The molecule has 0 spiro atoms. The van der Waals surface area contributed by atoms with E-state index in [1.54, 1.807) is 7.11 Å². The fourth-order valence-corrected chi connectivity index (χ4v) is 1.99. The molecule has 4 heteroatoms. The molecule has 0 aliphatic rings. The van der Waals surface area contributed by atoms with Crippen LogP contribution in [0.4, 0.5) is 0 Å². The number of ether oxygens (including phenoxy) is 1. The van der Waals surface area contributed by atoms with Gasteiger partial charge in [-0.3, -0.25) is 0 Å². The number of hydrogen-bond acceptors (Lipinski definition) is 1. The Labute approximate surface area is 103 Å². The van der Waals surface area contributed by atoms with Crippen LogP contribution in [0.5, 0.6) is 5.75 Å². The zero-order valence-electron chi connectivity index (χ0n) is 9.38. The fourth-order valence-electron chi connectivity index (χ4n) is 1.60. The fraction of sp³-hybridized carbons (Fsp3) is 0.250. The predicted molar refractivity (Wildman–Crippen MR) is 64.5 cm³/mol. The van der Waals surface area contributed by atoms with Gasteiger partial charge in [-0.1, -0.05) is 0 Å². The van der Waals surface area contributed by atoms with Crippen molar-refractivity contribution in [2.45, 2.75) is 6.54 Å². The van der Waals surface area contributed by atoms with E-state index in [-0.39, 0.29) is 0 Å². The summed E-state index contributed by atoms with van der Waals surface area (Å²) in [5.41, 5.74) is 1.23. The van der Waals surface area contributed by atoms with Crippen molar-refractivity contribution < 1.29 is 4.74 Å². The summed E-state index contributed by atoms with van der Waals surface area (Å²) in [5, 5.41) is 0. The molecule has 2 rings (SSSR count). The van der Waals surface area contributed by atoms with Crippen molar-refractivity contribution in [2.24, 2.45) is 7.05 Å². The van der Waals surface area contributed by atoms with Crippen molar-refractivity contribution >= 4 is 15.6 Å². The van der Waals surface area contributed by atoms with Crippen LogP contribution < -0.4 is 4.74 Å². The third-order valence-corrected chi connectivity index (χ3v) is 3.60. The van der Waals surface area contributed by atoms with Gasteiger partial charge in [0.15, 0.2) is 0 Å². The van der Waals surface area contributed by atoms with Crippen molar-refractivity contribution in [1.82, 2.24) is 9.13 Å². The molecule has 0 bridgehead atoms. The summed E-state index contributed by atoms with van der Waals surface area (Å²) < 4.78 is 10.5. The Morgan fingerprint density at radius 1 is 1.31 bits per heavy atom. The maximum absolute atomic E-state index is 5.21. The quantitative estimate of drug-likeness (QED) is 0.782. The third-order valence-electron chi connectivity index (χ3n) is 2.50. The second-order valence-electron chi connectivity index (χ2n) is 3.67. The first-order valence-electron chi connectivity index (χ1n) is 5.05. The number of hydrogen-bond donors (Lipinski definition) is 0. The molecule has 0 N–H and O–H groups in total. The van der Waals surface area contributed by atoms with E-state index in [2.05, 4.69) is 43.0 Å². The number of rotatable bonds is 3. The summed E-state index contributed by atoms with van der Waals surface area (Å²) in [5.74, 6) is 0.899. The molecule has 0 saturated heterocycles. The summed E-state index contributed by atoms with van der Waals surface area (Å²) >= 11 is 3.06. The number of aromatic nitrogens is 2. The number of benzene rings is 1. The van der Waals surface area contributed by atoms with Gasteiger partial charge in [-0.05, 0) is 0 Å². The van der Waals surface area contributed by atoms with E-state index in [9.17, 15) is 0 Å². The van der Waals surface area contributed by atoms with Gasteiger partial charge >= 0.3 is 102 Å². The van der Waals surface area contributed by atoms with Gasteiger partial charge in [0.05, 0.1) is 0 Å². The zero-order valence-corrected chi connectivity index (χ0v) is 11.1. The summed E-state index contributed by atoms with van der Waals surface area (Å²) in [7, 11) is 3.71. The molecule has 0 amide bonds. The van der Waals surface area contributed by atoms with Gasteiger partial charge in [0, 0.05) is 0 Å². The van der Waals surface area contributed by atoms with Gasteiger partial charge in [0.25, 0.3) is 0 Å². The van der Waals surface area contributed by atoms with Crippen LogP contribution in [0.15, 0.2) is 36.7 Å². The molecule has 1 heterocycles. The minimum atomic E-state index is 0.848. The van der Waals surface area contributed by atoms with Crippen LogP contribution in [0, 0.1) is 4.32 Å². The summed E-state index contributed by atoms with van der Waals surface area (Å²) in [6.07, 6.45) is 4.09. The normalized spacial score (nSPS) is 10.4. The second-order valence-corrected chi connectivity index (χ2v) is 4.44. The summed E-state index contributed by atoms with van der Waals surface area (Å²) in [6.45, 7) is 0.848. The average molecular weight is 281 g/mol. The third kappa shape index (κ3) is 2.29. The van der Waals surface area contributed by atoms with Crippen LogP contribution in [-0.2, 0) is 13.6 Å². The molecular weight excluding hydrogens is 267 g/mol. The molecule has 3 nitrogen and oxygen atoms in total. The number of nitrogens with zero attached hydrogens (tertiary/aromatic N) is 2. The molecule has 0 radical (unpaired) electrons. The average Bonchev–Trinajstić information content (AvgIpc) is 2.61.